The van der Waals surface area contributed by atoms with Crippen LogP contribution in [0.3, 0.4) is 0 Å². The summed E-state index contributed by atoms with van der Waals surface area (Å²) in [6, 6.07) is 11.9. The standard InChI is InChI=1S/C16H16N4O/c1-20(2)14-8-4-3-7-13(14)16-18-15(19-21-16)10-12-6-5-9-17-11-12/h3-9,11H,10H2,1-2H3. The minimum Gasteiger partial charge on any atom is -0.377 e. The van der Waals surface area contributed by atoms with Crippen LogP contribution in [0.4, 0.5) is 5.69 Å². The highest BCUT2D eigenvalue weighted by atomic mass is 16.5. The number of hydrogen-bond acceptors (Lipinski definition) is 5. The molecule has 0 aliphatic carbocycles. The Bertz CT molecular complexity index is 722. The number of hydrogen-bond donors (Lipinski definition) is 0. The largest absolute Gasteiger partial charge is 0.377 e. The zero-order valence-corrected chi connectivity index (χ0v) is 12.0. The van der Waals surface area contributed by atoms with Crippen molar-refractivity contribution in [2.75, 3.05) is 19.0 Å². The van der Waals surface area contributed by atoms with Crippen molar-refractivity contribution in [2.45, 2.75) is 6.42 Å². The van der Waals surface area contributed by atoms with Gasteiger partial charge in [-0.15, -0.1) is 0 Å². The van der Waals surface area contributed by atoms with Gasteiger partial charge in [-0.1, -0.05) is 23.4 Å². The van der Waals surface area contributed by atoms with E-state index in [0.29, 0.717) is 18.1 Å². The molecule has 5 nitrogen and oxygen atoms in total. The van der Waals surface area contributed by atoms with Crippen molar-refractivity contribution >= 4 is 5.69 Å². The Hall–Kier alpha value is -2.69. The smallest absolute Gasteiger partial charge is 0.260 e. The molecule has 0 N–H and O–H groups in total. The van der Waals surface area contributed by atoms with Gasteiger partial charge in [0, 0.05) is 38.6 Å². The molecule has 0 radical (unpaired) electrons. The van der Waals surface area contributed by atoms with Crippen LogP contribution in [0.15, 0.2) is 53.3 Å². The summed E-state index contributed by atoms with van der Waals surface area (Å²) in [6.07, 6.45) is 4.17. The van der Waals surface area contributed by atoms with Gasteiger partial charge in [0.05, 0.1) is 5.56 Å². The van der Waals surface area contributed by atoms with E-state index in [9.17, 15) is 0 Å². The van der Waals surface area contributed by atoms with Crippen molar-refractivity contribution in [1.29, 1.82) is 0 Å². The van der Waals surface area contributed by atoms with Crippen LogP contribution in [0, 0.1) is 0 Å². The number of pyridine rings is 1. The van der Waals surface area contributed by atoms with Gasteiger partial charge in [0.1, 0.15) is 0 Å². The van der Waals surface area contributed by atoms with Crippen molar-refractivity contribution in [2.24, 2.45) is 0 Å². The second kappa shape index (κ2) is 5.75. The molecule has 0 aliphatic rings. The molecule has 0 fully saturated rings. The lowest BCUT2D eigenvalue weighted by atomic mass is 10.1. The number of anilines is 1. The minimum absolute atomic E-state index is 0.540. The fraction of sp³-hybridized carbons (Fsp3) is 0.188. The maximum absolute atomic E-state index is 5.41. The molecule has 5 heteroatoms. The van der Waals surface area contributed by atoms with Gasteiger partial charge >= 0.3 is 0 Å². The third kappa shape index (κ3) is 2.91. The number of rotatable bonds is 4. The Kier molecular flexibility index (Phi) is 3.64. The summed E-state index contributed by atoms with van der Waals surface area (Å²) in [5.74, 6) is 1.20. The maximum Gasteiger partial charge on any atom is 0.260 e. The molecule has 3 aromatic rings. The quantitative estimate of drug-likeness (QED) is 0.735. The Morgan fingerprint density at radius 2 is 1.95 bits per heavy atom. The highest BCUT2D eigenvalue weighted by Crippen LogP contribution is 2.28. The number of para-hydroxylation sites is 1. The van der Waals surface area contributed by atoms with Gasteiger partial charge in [0.2, 0.25) is 0 Å². The van der Waals surface area contributed by atoms with Crippen LogP contribution in [0.25, 0.3) is 11.5 Å². The number of benzene rings is 1. The van der Waals surface area contributed by atoms with Crippen LogP contribution in [-0.4, -0.2) is 29.2 Å². The average Bonchev–Trinajstić information content (AvgIpc) is 2.96. The summed E-state index contributed by atoms with van der Waals surface area (Å²) in [5.41, 5.74) is 3.05. The molecule has 0 amide bonds. The fourth-order valence-corrected chi connectivity index (χ4v) is 2.16. The Balaban J connectivity index is 1.89. The lowest BCUT2D eigenvalue weighted by molar-refractivity contribution is 0.424. The summed E-state index contributed by atoms with van der Waals surface area (Å²) in [5, 5.41) is 4.06. The van der Waals surface area contributed by atoms with E-state index >= 15 is 0 Å². The zero-order valence-electron chi connectivity index (χ0n) is 12.0. The fourth-order valence-electron chi connectivity index (χ4n) is 2.16. The second-order valence-corrected chi connectivity index (χ2v) is 4.97. The van der Waals surface area contributed by atoms with Crippen LogP contribution in [0.2, 0.25) is 0 Å². The Morgan fingerprint density at radius 3 is 2.71 bits per heavy atom. The maximum atomic E-state index is 5.41. The second-order valence-electron chi connectivity index (χ2n) is 4.97. The van der Waals surface area contributed by atoms with Crippen LogP contribution < -0.4 is 4.90 Å². The van der Waals surface area contributed by atoms with Gasteiger partial charge in [-0.3, -0.25) is 4.98 Å². The molecule has 0 unspecified atom stereocenters. The van der Waals surface area contributed by atoms with E-state index in [1.165, 1.54) is 0 Å². The highest BCUT2D eigenvalue weighted by molar-refractivity contribution is 5.72. The highest BCUT2D eigenvalue weighted by Gasteiger charge is 2.13. The molecule has 0 saturated heterocycles. The Morgan fingerprint density at radius 1 is 1.10 bits per heavy atom. The van der Waals surface area contributed by atoms with Crippen molar-refractivity contribution < 1.29 is 4.52 Å². The predicted molar refractivity (Wildman–Crippen MR) is 81.1 cm³/mol. The molecule has 0 saturated carbocycles. The van der Waals surface area contributed by atoms with Gasteiger partial charge in [0.25, 0.3) is 5.89 Å². The van der Waals surface area contributed by atoms with Gasteiger partial charge in [-0.2, -0.15) is 4.98 Å². The number of aromatic nitrogens is 3. The lowest BCUT2D eigenvalue weighted by Gasteiger charge is -2.14. The van der Waals surface area contributed by atoms with E-state index in [-0.39, 0.29) is 0 Å². The first-order chi connectivity index (χ1) is 10.2. The molecule has 0 atom stereocenters. The summed E-state index contributed by atoms with van der Waals surface area (Å²) in [6.45, 7) is 0. The lowest BCUT2D eigenvalue weighted by Crippen LogP contribution is -2.09. The van der Waals surface area contributed by atoms with Gasteiger partial charge < -0.3 is 9.42 Å². The van der Waals surface area contributed by atoms with Gasteiger partial charge in [-0.05, 0) is 23.8 Å². The molecule has 106 valence electrons. The van der Waals surface area contributed by atoms with Crippen LogP contribution in [0.5, 0.6) is 0 Å². The molecule has 2 aromatic heterocycles. The summed E-state index contributed by atoms with van der Waals surface area (Å²) in [4.78, 5) is 10.6. The molecular formula is C16H16N4O. The normalized spacial score (nSPS) is 10.6. The first-order valence-corrected chi connectivity index (χ1v) is 6.72. The molecule has 0 spiro atoms. The van der Waals surface area contributed by atoms with Crippen LogP contribution >= 0.6 is 0 Å². The van der Waals surface area contributed by atoms with E-state index in [1.54, 1.807) is 6.20 Å². The topological polar surface area (TPSA) is 55.1 Å². The summed E-state index contributed by atoms with van der Waals surface area (Å²) in [7, 11) is 3.98. The zero-order chi connectivity index (χ0) is 14.7. The molecule has 21 heavy (non-hydrogen) atoms. The molecular weight excluding hydrogens is 264 g/mol. The van der Waals surface area contributed by atoms with Crippen LogP contribution in [-0.2, 0) is 6.42 Å². The number of nitrogens with zero attached hydrogens (tertiary/aromatic N) is 4. The molecule has 1 aromatic carbocycles. The van der Waals surface area contributed by atoms with Crippen molar-refractivity contribution in [3.05, 3.63) is 60.2 Å². The van der Waals surface area contributed by atoms with E-state index in [1.807, 2.05) is 61.6 Å². The summed E-state index contributed by atoms with van der Waals surface area (Å²) >= 11 is 0. The van der Waals surface area contributed by atoms with E-state index in [4.69, 9.17) is 4.52 Å². The van der Waals surface area contributed by atoms with Crippen molar-refractivity contribution in [3.63, 3.8) is 0 Å². The molecule has 0 bridgehead atoms. The summed E-state index contributed by atoms with van der Waals surface area (Å²) < 4.78 is 5.41. The van der Waals surface area contributed by atoms with Crippen LogP contribution in [0.1, 0.15) is 11.4 Å². The molecule has 0 aliphatic heterocycles. The van der Waals surface area contributed by atoms with E-state index in [0.717, 1.165) is 16.8 Å². The first-order valence-electron chi connectivity index (χ1n) is 6.72. The monoisotopic (exact) mass is 280 g/mol. The van der Waals surface area contributed by atoms with Crippen molar-refractivity contribution in [1.82, 2.24) is 15.1 Å². The average molecular weight is 280 g/mol. The third-order valence-corrected chi connectivity index (χ3v) is 3.17. The van der Waals surface area contributed by atoms with E-state index < -0.39 is 0 Å². The Labute approximate surface area is 123 Å². The van der Waals surface area contributed by atoms with E-state index in [2.05, 4.69) is 15.1 Å². The third-order valence-electron chi connectivity index (χ3n) is 3.17. The minimum atomic E-state index is 0.540. The predicted octanol–water partition coefficient (Wildman–Crippen LogP) is 2.79. The first kappa shape index (κ1) is 13.3. The van der Waals surface area contributed by atoms with Gasteiger partial charge in [-0.25, -0.2) is 0 Å². The molecule has 2 heterocycles. The van der Waals surface area contributed by atoms with Crippen molar-refractivity contribution in [3.8, 4) is 11.5 Å². The molecule has 3 rings (SSSR count). The SMILES string of the molecule is CN(C)c1ccccc1-c1nc(Cc2cccnc2)no1. The van der Waals surface area contributed by atoms with Gasteiger partial charge in [0.15, 0.2) is 5.82 Å².